The van der Waals surface area contributed by atoms with Crippen molar-refractivity contribution in [1.82, 2.24) is 5.32 Å². The molecule has 7 nitrogen and oxygen atoms in total. The zero-order valence-electron chi connectivity index (χ0n) is 14.1. The Hall–Kier alpha value is -2.87. The minimum absolute atomic E-state index is 0.00805. The predicted molar refractivity (Wildman–Crippen MR) is 97.7 cm³/mol. The molecule has 1 amide bonds. The molecule has 2 rings (SSSR count). The fourth-order valence-corrected chi connectivity index (χ4v) is 2.70. The molecular formula is C18H18N2O5S. The fourth-order valence-electron chi connectivity index (χ4n) is 2.02. The molecule has 0 heterocycles. The van der Waals surface area contributed by atoms with E-state index in [1.807, 2.05) is 30.3 Å². The van der Waals surface area contributed by atoms with Crippen molar-refractivity contribution in [2.24, 2.45) is 0 Å². The summed E-state index contributed by atoms with van der Waals surface area (Å²) in [6.07, 6.45) is -0.899. The van der Waals surface area contributed by atoms with Gasteiger partial charge in [0.1, 0.15) is 0 Å². The molecule has 0 fully saturated rings. The molecule has 2 aromatic carbocycles. The van der Waals surface area contributed by atoms with E-state index in [1.165, 1.54) is 30.8 Å². The highest BCUT2D eigenvalue weighted by Gasteiger charge is 2.17. The minimum Gasteiger partial charge on any atom is -0.452 e. The summed E-state index contributed by atoms with van der Waals surface area (Å²) in [5.41, 5.74) is 0.939. The third-order valence-corrected chi connectivity index (χ3v) is 4.38. The lowest BCUT2D eigenvalue weighted by molar-refractivity contribution is -0.384. The van der Waals surface area contributed by atoms with Crippen LogP contribution in [0.4, 0.5) is 5.69 Å². The van der Waals surface area contributed by atoms with Crippen LogP contribution < -0.4 is 5.32 Å². The molecule has 1 atom stereocenters. The number of hydrogen-bond acceptors (Lipinski definition) is 6. The van der Waals surface area contributed by atoms with E-state index in [0.717, 1.165) is 5.56 Å². The lowest BCUT2D eigenvalue weighted by atomic mass is 10.2. The molecule has 0 aromatic heterocycles. The van der Waals surface area contributed by atoms with Crippen molar-refractivity contribution in [1.29, 1.82) is 0 Å². The standard InChI is InChI=1S/C18H18N2O5S/c1-13(18(22)19-11-14-5-3-2-4-6-14)25-17(21)12-26-16-9-7-15(8-10-16)20(23)24/h2-10,13H,11-12H2,1H3,(H,19,22)/t13-/m0/s1. The van der Waals surface area contributed by atoms with Crippen LogP contribution in [0.15, 0.2) is 59.5 Å². The minimum atomic E-state index is -0.899. The molecule has 0 aliphatic heterocycles. The second-order valence-corrected chi connectivity index (χ2v) is 6.42. The van der Waals surface area contributed by atoms with Crippen molar-refractivity contribution < 1.29 is 19.2 Å². The summed E-state index contributed by atoms with van der Waals surface area (Å²) in [6, 6.07) is 15.3. The molecule has 0 radical (unpaired) electrons. The van der Waals surface area contributed by atoms with E-state index in [4.69, 9.17) is 4.74 Å². The number of carbonyl (C=O) groups is 2. The van der Waals surface area contributed by atoms with Gasteiger partial charge in [-0.15, -0.1) is 11.8 Å². The first-order valence-electron chi connectivity index (χ1n) is 7.84. The molecule has 26 heavy (non-hydrogen) atoms. The van der Waals surface area contributed by atoms with E-state index in [9.17, 15) is 19.7 Å². The van der Waals surface area contributed by atoms with Crippen LogP contribution in [0.3, 0.4) is 0 Å². The number of non-ortho nitro benzene ring substituents is 1. The molecule has 0 spiro atoms. The summed E-state index contributed by atoms with van der Waals surface area (Å²) in [6.45, 7) is 1.87. The van der Waals surface area contributed by atoms with Crippen LogP contribution in [0.25, 0.3) is 0 Å². The number of ether oxygens (including phenoxy) is 1. The Bertz CT molecular complexity index is 765. The average Bonchev–Trinajstić information content (AvgIpc) is 2.65. The first-order chi connectivity index (χ1) is 12.5. The predicted octanol–water partition coefficient (Wildman–Crippen LogP) is 2.94. The monoisotopic (exact) mass is 374 g/mol. The number of hydrogen-bond donors (Lipinski definition) is 1. The van der Waals surface area contributed by atoms with Gasteiger partial charge in [-0.3, -0.25) is 19.7 Å². The van der Waals surface area contributed by atoms with Gasteiger partial charge in [-0.05, 0) is 24.6 Å². The van der Waals surface area contributed by atoms with Crippen molar-refractivity contribution in [2.45, 2.75) is 24.5 Å². The number of benzene rings is 2. The number of thioether (sulfide) groups is 1. The van der Waals surface area contributed by atoms with Gasteiger partial charge in [0.15, 0.2) is 6.10 Å². The molecule has 8 heteroatoms. The number of carbonyl (C=O) groups excluding carboxylic acids is 2. The highest BCUT2D eigenvalue weighted by atomic mass is 32.2. The summed E-state index contributed by atoms with van der Waals surface area (Å²) in [5.74, 6) is -0.896. The second kappa shape index (κ2) is 9.57. The highest BCUT2D eigenvalue weighted by molar-refractivity contribution is 8.00. The zero-order valence-corrected chi connectivity index (χ0v) is 14.9. The highest BCUT2D eigenvalue weighted by Crippen LogP contribution is 2.21. The van der Waals surface area contributed by atoms with Gasteiger partial charge in [0.2, 0.25) is 0 Å². The van der Waals surface area contributed by atoms with Gasteiger partial charge in [-0.25, -0.2) is 0 Å². The number of nitro benzene ring substituents is 1. The number of nitrogens with zero attached hydrogens (tertiary/aromatic N) is 1. The van der Waals surface area contributed by atoms with Crippen molar-refractivity contribution in [3.63, 3.8) is 0 Å². The van der Waals surface area contributed by atoms with Gasteiger partial charge in [0, 0.05) is 23.6 Å². The van der Waals surface area contributed by atoms with Crippen LogP contribution in [-0.4, -0.2) is 28.7 Å². The van der Waals surface area contributed by atoms with Gasteiger partial charge in [-0.2, -0.15) is 0 Å². The molecule has 0 aliphatic carbocycles. The van der Waals surface area contributed by atoms with Gasteiger partial charge in [0.05, 0.1) is 10.7 Å². The summed E-state index contributed by atoms with van der Waals surface area (Å²) in [5, 5.41) is 13.3. The van der Waals surface area contributed by atoms with E-state index in [0.29, 0.717) is 11.4 Å². The maximum absolute atomic E-state index is 12.0. The zero-order chi connectivity index (χ0) is 18.9. The third-order valence-electron chi connectivity index (χ3n) is 3.39. The smallest absolute Gasteiger partial charge is 0.317 e. The van der Waals surface area contributed by atoms with E-state index in [-0.39, 0.29) is 17.3 Å². The molecule has 1 N–H and O–H groups in total. The van der Waals surface area contributed by atoms with Crippen molar-refractivity contribution in [3.05, 3.63) is 70.3 Å². The average molecular weight is 374 g/mol. The lowest BCUT2D eigenvalue weighted by Crippen LogP contribution is -2.35. The Morgan fingerprint density at radius 1 is 1.15 bits per heavy atom. The summed E-state index contributed by atoms with van der Waals surface area (Å²) >= 11 is 1.18. The maximum atomic E-state index is 12.0. The molecule has 0 bridgehead atoms. The van der Waals surface area contributed by atoms with E-state index < -0.39 is 17.0 Å². The van der Waals surface area contributed by atoms with Crippen molar-refractivity contribution >= 4 is 29.3 Å². The van der Waals surface area contributed by atoms with Crippen LogP contribution in [0, 0.1) is 10.1 Å². The molecule has 0 unspecified atom stereocenters. The molecule has 0 aliphatic rings. The fraction of sp³-hybridized carbons (Fsp3) is 0.222. The van der Waals surface area contributed by atoms with E-state index in [2.05, 4.69) is 5.32 Å². The summed E-state index contributed by atoms with van der Waals surface area (Å²) in [4.78, 5) is 34.6. The maximum Gasteiger partial charge on any atom is 0.317 e. The molecule has 2 aromatic rings. The van der Waals surface area contributed by atoms with Gasteiger partial charge in [0.25, 0.3) is 11.6 Å². The van der Waals surface area contributed by atoms with Gasteiger partial charge in [-0.1, -0.05) is 30.3 Å². The first kappa shape index (κ1) is 19.5. The van der Waals surface area contributed by atoms with Crippen LogP contribution in [0.1, 0.15) is 12.5 Å². The van der Waals surface area contributed by atoms with Crippen LogP contribution in [0.2, 0.25) is 0 Å². The number of nitro groups is 1. The van der Waals surface area contributed by atoms with Crippen LogP contribution in [0.5, 0.6) is 0 Å². The van der Waals surface area contributed by atoms with Crippen LogP contribution in [-0.2, 0) is 20.9 Å². The SMILES string of the molecule is C[C@H](OC(=O)CSc1ccc([N+](=O)[O-])cc1)C(=O)NCc1ccccc1. The van der Waals surface area contributed by atoms with Gasteiger partial charge < -0.3 is 10.1 Å². The Morgan fingerprint density at radius 3 is 2.42 bits per heavy atom. The largest absolute Gasteiger partial charge is 0.452 e. The Labute approximate surface area is 154 Å². The Kier molecular flexibility index (Phi) is 7.16. The lowest BCUT2D eigenvalue weighted by Gasteiger charge is -2.13. The normalized spacial score (nSPS) is 11.4. The summed E-state index contributed by atoms with van der Waals surface area (Å²) in [7, 11) is 0. The number of esters is 1. The quantitative estimate of drug-likeness (QED) is 0.330. The number of rotatable bonds is 8. The molecule has 0 saturated carbocycles. The molecule has 136 valence electrons. The topological polar surface area (TPSA) is 98.5 Å². The third kappa shape index (κ3) is 6.21. The number of nitrogens with one attached hydrogen (secondary N) is 1. The van der Waals surface area contributed by atoms with Gasteiger partial charge >= 0.3 is 5.97 Å². The van der Waals surface area contributed by atoms with E-state index >= 15 is 0 Å². The Morgan fingerprint density at radius 2 is 1.81 bits per heavy atom. The van der Waals surface area contributed by atoms with Crippen molar-refractivity contribution in [3.8, 4) is 0 Å². The summed E-state index contributed by atoms with van der Waals surface area (Å²) < 4.78 is 5.10. The van der Waals surface area contributed by atoms with E-state index in [1.54, 1.807) is 12.1 Å². The van der Waals surface area contributed by atoms with Crippen molar-refractivity contribution in [2.75, 3.05) is 5.75 Å². The van der Waals surface area contributed by atoms with Crippen LogP contribution >= 0.6 is 11.8 Å². The molecule has 0 saturated heterocycles. The molecular weight excluding hydrogens is 356 g/mol. The number of amides is 1. The second-order valence-electron chi connectivity index (χ2n) is 5.38. The first-order valence-corrected chi connectivity index (χ1v) is 8.82. The Balaban J connectivity index is 1.73.